The van der Waals surface area contributed by atoms with Crippen LogP contribution in [0.2, 0.25) is 0 Å². The van der Waals surface area contributed by atoms with Gasteiger partial charge < -0.3 is 11.1 Å². The van der Waals surface area contributed by atoms with Gasteiger partial charge in [0.1, 0.15) is 5.82 Å². The van der Waals surface area contributed by atoms with Crippen LogP contribution in [0.5, 0.6) is 0 Å². The van der Waals surface area contributed by atoms with Gasteiger partial charge in [0, 0.05) is 11.7 Å². The van der Waals surface area contributed by atoms with E-state index in [0.717, 1.165) is 12.8 Å². The molecule has 3 N–H and O–H groups in total. The minimum atomic E-state index is -0.440. The zero-order chi connectivity index (χ0) is 14.0. The molecule has 2 unspecified atom stereocenters. The maximum Gasteiger partial charge on any atom is 0.253 e. The molecule has 1 aromatic rings. The van der Waals surface area contributed by atoms with E-state index in [4.69, 9.17) is 5.73 Å². The molecule has 0 aliphatic heterocycles. The predicted octanol–water partition coefficient (Wildman–Crippen LogP) is 2.96. The molecule has 19 heavy (non-hydrogen) atoms. The number of hydrogen-bond donors (Lipinski definition) is 2. The summed E-state index contributed by atoms with van der Waals surface area (Å²) >= 11 is 0. The van der Waals surface area contributed by atoms with Crippen LogP contribution in [0.3, 0.4) is 0 Å². The Labute approximate surface area is 113 Å². The van der Waals surface area contributed by atoms with Crippen molar-refractivity contribution in [2.45, 2.75) is 39.2 Å². The maximum atomic E-state index is 13.2. The van der Waals surface area contributed by atoms with E-state index in [1.807, 2.05) is 0 Å². The molecule has 1 saturated carbocycles. The van der Waals surface area contributed by atoms with Crippen molar-refractivity contribution < 1.29 is 9.18 Å². The fourth-order valence-electron chi connectivity index (χ4n) is 3.05. The number of halogens is 1. The average molecular weight is 264 g/mol. The standard InChI is InChI=1S/C15H21FN2O/c1-9-5-10(2)7-12(6-9)18-15(19)13-8-11(16)3-4-14(13)17/h3-4,8-10,12H,5-7,17H2,1-2H3,(H,18,19). The third-order valence-electron chi connectivity index (χ3n) is 3.77. The highest BCUT2D eigenvalue weighted by Crippen LogP contribution is 2.28. The summed E-state index contributed by atoms with van der Waals surface area (Å²) in [6.07, 6.45) is 3.16. The number of nitrogens with one attached hydrogen (secondary N) is 1. The summed E-state index contributed by atoms with van der Waals surface area (Å²) in [5.41, 5.74) is 6.27. The van der Waals surface area contributed by atoms with Crippen molar-refractivity contribution in [3.8, 4) is 0 Å². The molecule has 3 nitrogen and oxygen atoms in total. The second-order valence-corrected chi connectivity index (χ2v) is 5.82. The number of hydrogen-bond acceptors (Lipinski definition) is 2. The number of amides is 1. The Balaban J connectivity index is 2.06. The molecular formula is C15H21FN2O. The first kappa shape index (κ1) is 13.8. The third kappa shape index (κ3) is 3.46. The van der Waals surface area contributed by atoms with Crippen molar-refractivity contribution in [3.63, 3.8) is 0 Å². The lowest BCUT2D eigenvalue weighted by atomic mass is 9.80. The van der Waals surface area contributed by atoms with Crippen molar-refractivity contribution in [3.05, 3.63) is 29.6 Å². The molecule has 1 aliphatic carbocycles. The van der Waals surface area contributed by atoms with Crippen LogP contribution in [0, 0.1) is 17.7 Å². The Morgan fingerprint density at radius 2 is 1.89 bits per heavy atom. The van der Waals surface area contributed by atoms with Gasteiger partial charge in [0.15, 0.2) is 0 Å². The fraction of sp³-hybridized carbons (Fsp3) is 0.533. The SMILES string of the molecule is CC1CC(C)CC(NC(=O)c2cc(F)ccc2N)C1. The molecule has 1 aliphatic rings. The number of carbonyl (C=O) groups excluding carboxylic acids is 1. The lowest BCUT2D eigenvalue weighted by Gasteiger charge is -2.32. The summed E-state index contributed by atoms with van der Waals surface area (Å²) in [6, 6.07) is 4.04. The van der Waals surface area contributed by atoms with E-state index in [2.05, 4.69) is 19.2 Å². The molecule has 1 amide bonds. The highest BCUT2D eigenvalue weighted by Gasteiger charge is 2.25. The van der Waals surface area contributed by atoms with E-state index in [9.17, 15) is 9.18 Å². The van der Waals surface area contributed by atoms with Gasteiger partial charge in [0.2, 0.25) is 0 Å². The van der Waals surface area contributed by atoms with Crippen LogP contribution in [0.25, 0.3) is 0 Å². The molecule has 1 aromatic carbocycles. The summed E-state index contributed by atoms with van der Waals surface area (Å²) in [5.74, 6) is 0.505. The van der Waals surface area contributed by atoms with Gasteiger partial charge in [-0.15, -0.1) is 0 Å². The Hall–Kier alpha value is -1.58. The fourth-order valence-corrected chi connectivity index (χ4v) is 3.05. The largest absolute Gasteiger partial charge is 0.398 e. The number of carbonyl (C=O) groups is 1. The third-order valence-corrected chi connectivity index (χ3v) is 3.77. The van der Waals surface area contributed by atoms with Gasteiger partial charge in [-0.2, -0.15) is 0 Å². The Morgan fingerprint density at radius 1 is 1.26 bits per heavy atom. The molecule has 104 valence electrons. The van der Waals surface area contributed by atoms with Crippen LogP contribution in [-0.4, -0.2) is 11.9 Å². The molecule has 0 spiro atoms. The number of rotatable bonds is 2. The maximum absolute atomic E-state index is 13.2. The Bertz CT molecular complexity index is 465. The first-order chi connectivity index (χ1) is 8.95. The van der Waals surface area contributed by atoms with Crippen molar-refractivity contribution in [1.29, 1.82) is 0 Å². The molecular weight excluding hydrogens is 243 g/mol. The highest BCUT2D eigenvalue weighted by molar-refractivity contribution is 5.99. The predicted molar refractivity (Wildman–Crippen MR) is 74.2 cm³/mol. The van der Waals surface area contributed by atoms with E-state index in [-0.39, 0.29) is 17.5 Å². The second-order valence-electron chi connectivity index (χ2n) is 5.82. The molecule has 4 heteroatoms. The van der Waals surface area contributed by atoms with Crippen LogP contribution in [0.15, 0.2) is 18.2 Å². The summed E-state index contributed by atoms with van der Waals surface area (Å²) < 4.78 is 13.2. The molecule has 0 saturated heterocycles. The molecule has 1 fully saturated rings. The Kier molecular flexibility index (Phi) is 4.08. The summed E-state index contributed by atoms with van der Waals surface area (Å²) in [4.78, 5) is 12.1. The molecule has 2 atom stereocenters. The zero-order valence-electron chi connectivity index (χ0n) is 11.4. The molecule has 0 aromatic heterocycles. The molecule has 0 bridgehead atoms. The number of anilines is 1. The van der Waals surface area contributed by atoms with Gasteiger partial charge in [0.05, 0.1) is 5.56 Å². The summed E-state index contributed by atoms with van der Waals surface area (Å²) in [5, 5.41) is 2.98. The monoisotopic (exact) mass is 264 g/mol. The Morgan fingerprint density at radius 3 is 2.53 bits per heavy atom. The lowest BCUT2D eigenvalue weighted by molar-refractivity contribution is 0.0911. The molecule has 0 heterocycles. The normalized spacial score (nSPS) is 27.0. The van der Waals surface area contributed by atoms with Crippen LogP contribution in [0.1, 0.15) is 43.5 Å². The molecule has 2 rings (SSSR count). The minimum Gasteiger partial charge on any atom is -0.398 e. The van der Waals surface area contributed by atoms with Crippen LogP contribution >= 0.6 is 0 Å². The molecule has 0 radical (unpaired) electrons. The summed E-state index contributed by atoms with van der Waals surface area (Å²) in [7, 11) is 0. The van der Waals surface area contributed by atoms with Gasteiger partial charge in [-0.25, -0.2) is 4.39 Å². The van der Waals surface area contributed by atoms with Gasteiger partial charge >= 0.3 is 0 Å². The van der Waals surface area contributed by atoms with E-state index < -0.39 is 5.82 Å². The minimum absolute atomic E-state index is 0.161. The van der Waals surface area contributed by atoms with E-state index in [1.165, 1.54) is 24.6 Å². The van der Waals surface area contributed by atoms with Gasteiger partial charge in [-0.3, -0.25) is 4.79 Å². The highest BCUT2D eigenvalue weighted by atomic mass is 19.1. The van der Waals surface area contributed by atoms with Crippen molar-refractivity contribution in [1.82, 2.24) is 5.32 Å². The summed E-state index contributed by atoms with van der Waals surface area (Å²) in [6.45, 7) is 4.40. The second kappa shape index (κ2) is 5.59. The first-order valence-electron chi connectivity index (χ1n) is 6.81. The van der Waals surface area contributed by atoms with E-state index in [1.54, 1.807) is 0 Å². The van der Waals surface area contributed by atoms with Crippen molar-refractivity contribution >= 4 is 11.6 Å². The van der Waals surface area contributed by atoms with Gasteiger partial charge in [0.25, 0.3) is 5.91 Å². The average Bonchev–Trinajstić information content (AvgIpc) is 2.30. The zero-order valence-corrected chi connectivity index (χ0v) is 11.4. The number of benzene rings is 1. The van der Waals surface area contributed by atoms with E-state index >= 15 is 0 Å². The lowest BCUT2D eigenvalue weighted by Crippen LogP contribution is -2.40. The smallest absolute Gasteiger partial charge is 0.253 e. The van der Waals surface area contributed by atoms with E-state index in [0.29, 0.717) is 17.5 Å². The first-order valence-corrected chi connectivity index (χ1v) is 6.81. The van der Waals surface area contributed by atoms with Crippen LogP contribution in [0.4, 0.5) is 10.1 Å². The number of nitrogen functional groups attached to an aromatic ring is 1. The number of nitrogens with two attached hydrogens (primary N) is 1. The van der Waals surface area contributed by atoms with Crippen LogP contribution in [-0.2, 0) is 0 Å². The van der Waals surface area contributed by atoms with Crippen molar-refractivity contribution in [2.75, 3.05) is 5.73 Å². The van der Waals surface area contributed by atoms with Gasteiger partial charge in [-0.05, 0) is 49.3 Å². The quantitative estimate of drug-likeness (QED) is 0.807. The van der Waals surface area contributed by atoms with Gasteiger partial charge in [-0.1, -0.05) is 13.8 Å². The van der Waals surface area contributed by atoms with Crippen molar-refractivity contribution in [2.24, 2.45) is 11.8 Å². The van der Waals surface area contributed by atoms with Crippen LogP contribution < -0.4 is 11.1 Å². The topological polar surface area (TPSA) is 55.1 Å².